The molecule has 6 nitrogen and oxygen atoms in total. The zero-order valence-electron chi connectivity index (χ0n) is 11.7. The van der Waals surface area contributed by atoms with E-state index in [0.29, 0.717) is 5.82 Å². The molecule has 1 heterocycles. The molecule has 0 aliphatic heterocycles. The molecule has 0 spiro atoms. The van der Waals surface area contributed by atoms with Gasteiger partial charge in [-0.1, -0.05) is 0 Å². The van der Waals surface area contributed by atoms with Crippen LogP contribution in [0.25, 0.3) is 0 Å². The van der Waals surface area contributed by atoms with Crippen LogP contribution in [0.4, 0.5) is 5.82 Å². The number of hydrogen-bond donors (Lipinski definition) is 2. The van der Waals surface area contributed by atoms with E-state index >= 15 is 0 Å². The Labute approximate surface area is 117 Å². The Bertz CT molecular complexity index is 547. The van der Waals surface area contributed by atoms with Crippen molar-refractivity contribution >= 4 is 17.7 Å². The summed E-state index contributed by atoms with van der Waals surface area (Å²) in [6, 6.07) is 1.79. The minimum Gasteiger partial charge on any atom is -0.481 e. The number of fused-ring (bicyclic) bond motifs is 2. The van der Waals surface area contributed by atoms with Crippen LogP contribution >= 0.6 is 0 Å². The summed E-state index contributed by atoms with van der Waals surface area (Å²) >= 11 is 0. The summed E-state index contributed by atoms with van der Waals surface area (Å²) in [6.07, 6.45) is 2.78. The first-order valence-corrected chi connectivity index (χ1v) is 7.01. The van der Waals surface area contributed by atoms with Crippen molar-refractivity contribution in [2.45, 2.75) is 26.2 Å². The zero-order chi connectivity index (χ0) is 14.4. The van der Waals surface area contributed by atoms with Crippen LogP contribution in [-0.4, -0.2) is 26.8 Å². The van der Waals surface area contributed by atoms with Gasteiger partial charge in [0.25, 0.3) is 0 Å². The number of nitrogens with one attached hydrogen (secondary N) is 1. The van der Waals surface area contributed by atoms with Crippen LogP contribution in [0.3, 0.4) is 0 Å². The van der Waals surface area contributed by atoms with Crippen molar-refractivity contribution in [2.75, 3.05) is 5.32 Å². The maximum Gasteiger partial charge on any atom is 0.307 e. The van der Waals surface area contributed by atoms with Gasteiger partial charge in [0, 0.05) is 18.8 Å². The highest BCUT2D eigenvalue weighted by Gasteiger charge is 2.54. The summed E-state index contributed by atoms with van der Waals surface area (Å²) in [6.45, 7) is 1.90. The van der Waals surface area contributed by atoms with Gasteiger partial charge in [0.2, 0.25) is 5.91 Å². The lowest BCUT2D eigenvalue weighted by molar-refractivity contribution is -0.148. The molecule has 0 unspecified atom stereocenters. The van der Waals surface area contributed by atoms with Crippen LogP contribution in [0.2, 0.25) is 0 Å². The Morgan fingerprint density at radius 2 is 2.00 bits per heavy atom. The number of amides is 1. The summed E-state index contributed by atoms with van der Waals surface area (Å²) in [4.78, 5) is 23.8. The number of nitrogens with zero attached hydrogens (tertiary/aromatic N) is 2. The predicted octanol–water partition coefficient (Wildman–Crippen LogP) is 1.41. The first-order valence-electron chi connectivity index (χ1n) is 7.01. The predicted molar refractivity (Wildman–Crippen MR) is 72.0 cm³/mol. The van der Waals surface area contributed by atoms with E-state index in [9.17, 15) is 14.7 Å². The highest BCUT2D eigenvalue weighted by molar-refractivity contribution is 5.95. The number of aromatic nitrogens is 2. The molecule has 3 rings (SSSR count). The molecule has 4 atom stereocenters. The first kappa shape index (κ1) is 13.1. The molecule has 0 saturated heterocycles. The Balaban J connectivity index is 1.77. The third kappa shape index (κ3) is 1.99. The smallest absolute Gasteiger partial charge is 0.307 e. The van der Waals surface area contributed by atoms with E-state index in [-0.39, 0.29) is 17.7 Å². The van der Waals surface area contributed by atoms with Crippen molar-refractivity contribution < 1.29 is 14.7 Å². The molecule has 2 fully saturated rings. The fourth-order valence-corrected chi connectivity index (χ4v) is 3.86. The summed E-state index contributed by atoms with van der Waals surface area (Å²) in [5.74, 6) is -1.09. The van der Waals surface area contributed by atoms with E-state index in [2.05, 4.69) is 10.4 Å². The van der Waals surface area contributed by atoms with Gasteiger partial charge >= 0.3 is 5.97 Å². The molecule has 2 N–H and O–H groups in total. The van der Waals surface area contributed by atoms with Gasteiger partial charge in [0.15, 0.2) is 5.82 Å². The average Bonchev–Trinajstić information content (AvgIpc) is 3.04. The lowest BCUT2D eigenvalue weighted by Crippen LogP contribution is -2.37. The van der Waals surface area contributed by atoms with Crippen molar-refractivity contribution in [1.29, 1.82) is 0 Å². The lowest BCUT2D eigenvalue weighted by atomic mass is 9.79. The van der Waals surface area contributed by atoms with Crippen molar-refractivity contribution in [3.05, 3.63) is 11.8 Å². The van der Waals surface area contributed by atoms with E-state index in [4.69, 9.17) is 0 Å². The molecule has 2 saturated carbocycles. The van der Waals surface area contributed by atoms with Crippen LogP contribution < -0.4 is 5.32 Å². The first-order chi connectivity index (χ1) is 9.47. The largest absolute Gasteiger partial charge is 0.481 e. The number of carboxylic acids is 1. The van der Waals surface area contributed by atoms with Gasteiger partial charge in [-0.2, -0.15) is 5.10 Å². The van der Waals surface area contributed by atoms with Gasteiger partial charge in [-0.3, -0.25) is 14.3 Å². The van der Waals surface area contributed by atoms with E-state index in [1.54, 1.807) is 10.7 Å². The van der Waals surface area contributed by atoms with E-state index < -0.39 is 17.8 Å². The Kier molecular flexibility index (Phi) is 3.03. The summed E-state index contributed by atoms with van der Waals surface area (Å²) in [5, 5.41) is 16.3. The molecular weight excluding hydrogens is 258 g/mol. The van der Waals surface area contributed by atoms with E-state index in [0.717, 1.165) is 25.0 Å². The van der Waals surface area contributed by atoms with Crippen LogP contribution in [0.1, 0.15) is 25.0 Å². The highest BCUT2D eigenvalue weighted by Crippen LogP contribution is 2.52. The molecule has 108 valence electrons. The topological polar surface area (TPSA) is 84.2 Å². The molecule has 1 aromatic heterocycles. The Hall–Kier alpha value is -1.85. The van der Waals surface area contributed by atoms with Gasteiger partial charge in [0.1, 0.15) is 0 Å². The quantitative estimate of drug-likeness (QED) is 0.875. The second-order valence-electron chi connectivity index (χ2n) is 6.01. The number of aliphatic carboxylic acids is 1. The van der Waals surface area contributed by atoms with E-state index in [1.807, 2.05) is 14.0 Å². The molecule has 2 aliphatic rings. The maximum atomic E-state index is 12.4. The third-order valence-corrected chi connectivity index (χ3v) is 4.87. The van der Waals surface area contributed by atoms with Crippen molar-refractivity contribution in [1.82, 2.24) is 9.78 Å². The minimum absolute atomic E-state index is 0.165. The fourth-order valence-electron chi connectivity index (χ4n) is 3.86. The van der Waals surface area contributed by atoms with Gasteiger partial charge in [-0.15, -0.1) is 0 Å². The SMILES string of the molecule is Cc1cc(NC(=O)[C@@H]2[C@H]3CC[C@@H](C3)[C@@H]2C(=O)O)nn1C. The van der Waals surface area contributed by atoms with Crippen LogP contribution in [0, 0.1) is 30.6 Å². The molecule has 6 heteroatoms. The number of carboxylic acid groups (broad SMARTS) is 1. The van der Waals surface area contributed by atoms with Crippen LogP contribution in [0.5, 0.6) is 0 Å². The molecule has 1 amide bonds. The summed E-state index contributed by atoms with van der Waals surface area (Å²) in [5.41, 5.74) is 0.947. The number of hydrogen-bond acceptors (Lipinski definition) is 3. The van der Waals surface area contributed by atoms with Gasteiger partial charge in [0.05, 0.1) is 11.8 Å². The number of carbonyl (C=O) groups excluding carboxylic acids is 1. The second-order valence-corrected chi connectivity index (χ2v) is 6.01. The Morgan fingerprint density at radius 1 is 1.35 bits per heavy atom. The molecule has 20 heavy (non-hydrogen) atoms. The van der Waals surface area contributed by atoms with Gasteiger partial charge in [-0.25, -0.2) is 0 Å². The van der Waals surface area contributed by atoms with E-state index in [1.165, 1.54) is 0 Å². The van der Waals surface area contributed by atoms with Gasteiger partial charge in [-0.05, 0) is 38.0 Å². The molecule has 2 bridgehead atoms. The number of anilines is 1. The van der Waals surface area contributed by atoms with Crippen molar-refractivity contribution in [3.63, 3.8) is 0 Å². The second kappa shape index (κ2) is 4.61. The minimum atomic E-state index is -0.838. The fraction of sp³-hybridized carbons (Fsp3) is 0.643. The van der Waals surface area contributed by atoms with Gasteiger partial charge < -0.3 is 10.4 Å². The number of rotatable bonds is 3. The molecular formula is C14H19N3O3. The maximum absolute atomic E-state index is 12.4. The highest BCUT2D eigenvalue weighted by atomic mass is 16.4. The third-order valence-electron chi connectivity index (χ3n) is 4.87. The van der Waals surface area contributed by atoms with Crippen LogP contribution in [-0.2, 0) is 16.6 Å². The van der Waals surface area contributed by atoms with Crippen LogP contribution in [0.15, 0.2) is 6.07 Å². The average molecular weight is 277 g/mol. The molecule has 0 radical (unpaired) electrons. The Morgan fingerprint density at radius 3 is 2.55 bits per heavy atom. The zero-order valence-corrected chi connectivity index (χ0v) is 11.7. The van der Waals surface area contributed by atoms with Crippen molar-refractivity contribution in [2.24, 2.45) is 30.7 Å². The molecule has 0 aromatic carbocycles. The standard InChI is InChI=1S/C14H19N3O3/c1-7-5-10(16-17(7)2)15-13(18)11-8-3-4-9(6-8)12(11)14(19)20/h5,8-9,11-12H,3-4,6H2,1-2H3,(H,19,20)(H,15,16,18)/t8-,9-,11+,12-/m0/s1. The molecule has 1 aromatic rings. The summed E-state index contributed by atoms with van der Waals surface area (Å²) in [7, 11) is 1.81. The monoisotopic (exact) mass is 277 g/mol. The normalized spacial score (nSPS) is 31.5. The summed E-state index contributed by atoms with van der Waals surface area (Å²) < 4.78 is 1.69. The van der Waals surface area contributed by atoms with Crippen molar-refractivity contribution in [3.8, 4) is 0 Å². The number of aryl methyl sites for hydroxylation is 2. The lowest BCUT2D eigenvalue weighted by Gasteiger charge is -2.26. The number of carbonyl (C=O) groups is 2. The molecule has 2 aliphatic carbocycles.